The molecule has 176 valence electrons. The van der Waals surface area contributed by atoms with Crippen molar-refractivity contribution in [1.82, 2.24) is 4.31 Å². The zero-order valence-corrected chi connectivity index (χ0v) is 18.9. The number of nitrogens with one attached hydrogen (secondary N) is 1. The molecule has 0 aliphatic carbocycles. The number of nitrogens with zero attached hydrogens (tertiary/aromatic N) is 2. The summed E-state index contributed by atoms with van der Waals surface area (Å²) in [6, 6.07) is 10.7. The van der Waals surface area contributed by atoms with Crippen molar-refractivity contribution in [3.05, 3.63) is 59.9 Å². The highest BCUT2D eigenvalue weighted by molar-refractivity contribution is 7.89. The fraction of sp³-hybridized carbons (Fsp3) is 0.348. The van der Waals surface area contributed by atoms with Crippen molar-refractivity contribution in [3.8, 4) is 0 Å². The maximum atomic E-state index is 13.4. The van der Waals surface area contributed by atoms with Crippen LogP contribution >= 0.6 is 0 Å². The second-order valence-electron chi connectivity index (χ2n) is 7.67. The number of hydrogen-bond donors (Lipinski definition) is 1. The third-order valence-corrected chi connectivity index (χ3v) is 7.36. The van der Waals surface area contributed by atoms with Gasteiger partial charge in [0.15, 0.2) is 0 Å². The predicted octanol–water partition coefficient (Wildman–Crippen LogP) is 2.34. The number of hydrogen-bond acceptors (Lipinski definition) is 6. The van der Waals surface area contributed by atoms with Crippen molar-refractivity contribution >= 4 is 33.4 Å². The minimum atomic E-state index is -3.73. The van der Waals surface area contributed by atoms with E-state index in [2.05, 4.69) is 5.32 Å². The lowest BCUT2D eigenvalue weighted by molar-refractivity contribution is -0.111. The standard InChI is InChI=1S/C23H26FN3O5S/c24-19-3-1-2-18(16-19)4-7-23(28)25-21-17-20(33(29,30)27-10-14-32-15-11-27)5-6-22(21)26-8-12-31-13-9-26/h1-7,16-17H,8-15H2,(H,25,28)/b7-4+. The van der Waals surface area contributed by atoms with Gasteiger partial charge in [0, 0.05) is 32.3 Å². The molecular formula is C23H26FN3O5S. The van der Waals surface area contributed by atoms with Gasteiger partial charge in [0.25, 0.3) is 0 Å². The molecule has 2 saturated heterocycles. The van der Waals surface area contributed by atoms with Gasteiger partial charge in [0.05, 0.1) is 42.7 Å². The highest BCUT2D eigenvalue weighted by atomic mass is 32.2. The molecule has 2 aliphatic heterocycles. The van der Waals surface area contributed by atoms with Crippen LogP contribution < -0.4 is 10.2 Å². The first-order valence-corrected chi connectivity index (χ1v) is 12.2. The van der Waals surface area contributed by atoms with Gasteiger partial charge < -0.3 is 19.7 Å². The van der Waals surface area contributed by atoms with Crippen LogP contribution in [0, 0.1) is 5.82 Å². The number of halogens is 1. The van der Waals surface area contributed by atoms with Crippen molar-refractivity contribution in [2.75, 3.05) is 62.8 Å². The van der Waals surface area contributed by atoms with E-state index in [0.29, 0.717) is 56.5 Å². The van der Waals surface area contributed by atoms with Crippen molar-refractivity contribution in [2.45, 2.75) is 4.90 Å². The van der Waals surface area contributed by atoms with E-state index in [9.17, 15) is 17.6 Å². The molecule has 0 saturated carbocycles. The summed E-state index contributed by atoms with van der Waals surface area (Å²) in [5.41, 5.74) is 1.65. The number of carbonyl (C=O) groups is 1. The summed E-state index contributed by atoms with van der Waals surface area (Å²) in [7, 11) is -3.73. The highest BCUT2D eigenvalue weighted by Crippen LogP contribution is 2.31. The molecule has 1 amide bonds. The second kappa shape index (κ2) is 10.4. The quantitative estimate of drug-likeness (QED) is 0.646. The lowest BCUT2D eigenvalue weighted by Crippen LogP contribution is -2.40. The fourth-order valence-electron chi connectivity index (χ4n) is 3.75. The number of rotatable bonds is 6. The Balaban J connectivity index is 1.61. The van der Waals surface area contributed by atoms with Gasteiger partial charge in [-0.2, -0.15) is 4.31 Å². The van der Waals surface area contributed by atoms with Crippen LogP contribution in [0.1, 0.15) is 5.56 Å². The molecule has 4 rings (SSSR count). The van der Waals surface area contributed by atoms with E-state index < -0.39 is 21.7 Å². The molecule has 0 atom stereocenters. The molecule has 0 radical (unpaired) electrons. The molecule has 0 spiro atoms. The fourth-order valence-corrected chi connectivity index (χ4v) is 5.18. The Morgan fingerprint density at radius 2 is 1.67 bits per heavy atom. The molecule has 2 heterocycles. The first kappa shape index (κ1) is 23.4. The molecule has 0 unspecified atom stereocenters. The first-order chi connectivity index (χ1) is 15.9. The number of ether oxygens (including phenoxy) is 2. The van der Waals surface area contributed by atoms with Crippen LogP contribution in [0.3, 0.4) is 0 Å². The summed E-state index contributed by atoms with van der Waals surface area (Å²) in [6.45, 7) is 3.59. The average molecular weight is 476 g/mol. The Morgan fingerprint density at radius 1 is 0.970 bits per heavy atom. The topological polar surface area (TPSA) is 88.2 Å². The van der Waals surface area contributed by atoms with E-state index in [1.807, 2.05) is 4.90 Å². The Labute approximate surface area is 192 Å². The molecule has 10 heteroatoms. The Bertz CT molecular complexity index is 1130. The normalized spacial score (nSPS) is 17.9. The molecule has 8 nitrogen and oxygen atoms in total. The van der Waals surface area contributed by atoms with E-state index >= 15 is 0 Å². The number of sulfonamides is 1. The Morgan fingerprint density at radius 3 is 2.36 bits per heavy atom. The molecular weight excluding hydrogens is 449 g/mol. The molecule has 2 aliphatic rings. The lowest BCUT2D eigenvalue weighted by atomic mass is 10.2. The summed E-state index contributed by atoms with van der Waals surface area (Å²) < 4.78 is 51.7. The van der Waals surface area contributed by atoms with Crippen LogP contribution in [0.15, 0.2) is 53.4 Å². The zero-order chi connectivity index (χ0) is 23.3. The number of benzene rings is 2. The van der Waals surface area contributed by atoms with Crippen molar-refractivity contribution in [3.63, 3.8) is 0 Å². The number of morpholine rings is 2. The van der Waals surface area contributed by atoms with Crippen molar-refractivity contribution in [1.29, 1.82) is 0 Å². The number of amides is 1. The third kappa shape index (κ3) is 5.77. The predicted molar refractivity (Wildman–Crippen MR) is 123 cm³/mol. The SMILES string of the molecule is O=C(/C=C/c1cccc(F)c1)Nc1cc(S(=O)(=O)N2CCOCC2)ccc1N1CCOCC1. The van der Waals surface area contributed by atoms with Gasteiger partial charge in [-0.15, -0.1) is 0 Å². The number of anilines is 2. The van der Waals surface area contributed by atoms with Crippen LogP contribution in [-0.2, 0) is 24.3 Å². The van der Waals surface area contributed by atoms with Gasteiger partial charge in [-0.25, -0.2) is 12.8 Å². The van der Waals surface area contributed by atoms with Gasteiger partial charge in [-0.05, 0) is 42.0 Å². The van der Waals surface area contributed by atoms with Gasteiger partial charge in [0.2, 0.25) is 15.9 Å². The van der Waals surface area contributed by atoms with Gasteiger partial charge in [-0.1, -0.05) is 12.1 Å². The van der Waals surface area contributed by atoms with Gasteiger partial charge in [-0.3, -0.25) is 4.79 Å². The second-order valence-corrected chi connectivity index (χ2v) is 9.61. The van der Waals surface area contributed by atoms with Crippen LogP contribution in [0.2, 0.25) is 0 Å². The van der Waals surface area contributed by atoms with Crippen molar-refractivity contribution in [2.24, 2.45) is 0 Å². The highest BCUT2D eigenvalue weighted by Gasteiger charge is 2.28. The number of carbonyl (C=O) groups excluding carboxylic acids is 1. The zero-order valence-electron chi connectivity index (χ0n) is 18.1. The van der Waals surface area contributed by atoms with Crippen LogP contribution in [0.25, 0.3) is 6.08 Å². The Hall–Kier alpha value is -2.79. The van der Waals surface area contributed by atoms with Crippen LogP contribution in [-0.4, -0.2) is 71.2 Å². The van der Waals surface area contributed by atoms with Gasteiger partial charge in [0.1, 0.15) is 5.82 Å². The minimum Gasteiger partial charge on any atom is -0.379 e. The Kier molecular flexibility index (Phi) is 7.39. The van der Waals surface area contributed by atoms with Gasteiger partial charge >= 0.3 is 0 Å². The summed E-state index contributed by atoms with van der Waals surface area (Å²) >= 11 is 0. The maximum absolute atomic E-state index is 13.4. The van der Waals surface area contributed by atoms with E-state index in [4.69, 9.17) is 9.47 Å². The molecule has 2 fully saturated rings. The van der Waals surface area contributed by atoms with E-state index in [1.165, 1.54) is 34.7 Å². The molecule has 1 N–H and O–H groups in total. The summed E-state index contributed by atoms with van der Waals surface area (Å²) in [6.07, 6.45) is 2.79. The minimum absolute atomic E-state index is 0.103. The lowest BCUT2D eigenvalue weighted by Gasteiger charge is -2.31. The van der Waals surface area contributed by atoms with Crippen LogP contribution in [0.5, 0.6) is 0 Å². The largest absolute Gasteiger partial charge is 0.379 e. The monoisotopic (exact) mass is 475 g/mol. The van der Waals surface area contributed by atoms with E-state index in [-0.39, 0.29) is 18.0 Å². The average Bonchev–Trinajstić information content (AvgIpc) is 2.84. The summed E-state index contributed by atoms with van der Waals surface area (Å²) in [5, 5.41) is 2.80. The smallest absolute Gasteiger partial charge is 0.248 e. The third-order valence-electron chi connectivity index (χ3n) is 5.46. The van der Waals surface area contributed by atoms with Crippen LogP contribution in [0.4, 0.5) is 15.8 Å². The molecule has 33 heavy (non-hydrogen) atoms. The summed E-state index contributed by atoms with van der Waals surface area (Å²) in [5.74, 6) is -0.845. The first-order valence-electron chi connectivity index (χ1n) is 10.7. The van der Waals surface area contributed by atoms with E-state index in [1.54, 1.807) is 24.3 Å². The summed E-state index contributed by atoms with van der Waals surface area (Å²) in [4.78, 5) is 14.8. The molecule has 2 aromatic carbocycles. The molecule has 0 bridgehead atoms. The van der Waals surface area contributed by atoms with Crippen molar-refractivity contribution < 1.29 is 27.1 Å². The molecule has 0 aromatic heterocycles. The molecule has 2 aromatic rings. The van der Waals surface area contributed by atoms with E-state index in [0.717, 1.165) is 0 Å². The maximum Gasteiger partial charge on any atom is 0.248 e.